The smallest absolute Gasteiger partial charge is 0.0707 e. The average Bonchev–Trinajstić information content (AvgIpc) is 2.58. The molecule has 60 valence electrons. The second-order valence-electron chi connectivity index (χ2n) is 3.23. The van der Waals surface area contributed by atoms with Crippen LogP contribution in [0, 0.1) is 11.8 Å². The van der Waals surface area contributed by atoms with Crippen molar-refractivity contribution in [2.75, 3.05) is 13.1 Å². The van der Waals surface area contributed by atoms with Crippen molar-refractivity contribution in [3.05, 3.63) is 0 Å². The highest BCUT2D eigenvalue weighted by Gasteiger charge is 2.38. The standard InChI is InChI=1S/C7H13NO.ClH/c9-7-4-8-3-6(7)5-1-2-5;/h5-9H,1-4H2;1H. The number of hydrogen-bond acceptors (Lipinski definition) is 2. The quantitative estimate of drug-likeness (QED) is 0.587. The van der Waals surface area contributed by atoms with E-state index in [-0.39, 0.29) is 18.5 Å². The molecule has 2 rings (SSSR count). The van der Waals surface area contributed by atoms with E-state index in [4.69, 9.17) is 0 Å². The summed E-state index contributed by atoms with van der Waals surface area (Å²) in [5.41, 5.74) is 0. The van der Waals surface area contributed by atoms with Crippen molar-refractivity contribution in [2.45, 2.75) is 18.9 Å². The first-order valence-corrected chi connectivity index (χ1v) is 3.76. The lowest BCUT2D eigenvalue weighted by Gasteiger charge is -2.09. The second-order valence-corrected chi connectivity index (χ2v) is 3.23. The Morgan fingerprint density at radius 3 is 2.30 bits per heavy atom. The van der Waals surface area contributed by atoms with Crippen LogP contribution in [0.15, 0.2) is 0 Å². The molecule has 0 aromatic carbocycles. The Bertz CT molecular complexity index is 116. The zero-order valence-electron chi connectivity index (χ0n) is 5.92. The molecular weight excluding hydrogens is 150 g/mol. The fourth-order valence-corrected chi connectivity index (χ4v) is 1.69. The maximum Gasteiger partial charge on any atom is 0.0707 e. The van der Waals surface area contributed by atoms with Gasteiger partial charge in [0, 0.05) is 19.0 Å². The topological polar surface area (TPSA) is 32.3 Å². The predicted octanol–water partition coefficient (Wildman–Crippen LogP) is 0.398. The highest BCUT2D eigenvalue weighted by atomic mass is 35.5. The van der Waals surface area contributed by atoms with E-state index < -0.39 is 0 Å². The first-order valence-electron chi connectivity index (χ1n) is 3.76. The van der Waals surface area contributed by atoms with Gasteiger partial charge in [-0.2, -0.15) is 0 Å². The summed E-state index contributed by atoms with van der Waals surface area (Å²) in [4.78, 5) is 0. The van der Waals surface area contributed by atoms with Crippen molar-refractivity contribution in [3.8, 4) is 0 Å². The van der Waals surface area contributed by atoms with Gasteiger partial charge in [-0.05, 0) is 18.8 Å². The van der Waals surface area contributed by atoms with E-state index in [9.17, 15) is 5.11 Å². The van der Waals surface area contributed by atoms with Crippen LogP contribution in [-0.2, 0) is 0 Å². The van der Waals surface area contributed by atoms with Gasteiger partial charge in [0.25, 0.3) is 0 Å². The number of aliphatic hydroxyl groups is 1. The minimum absolute atomic E-state index is 0. The van der Waals surface area contributed by atoms with Gasteiger partial charge in [0.1, 0.15) is 0 Å². The highest BCUT2D eigenvalue weighted by Crippen LogP contribution is 2.39. The molecule has 2 atom stereocenters. The van der Waals surface area contributed by atoms with Crippen LogP contribution in [0.3, 0.4) is 0 Å². The molecule has 2 N–H and O–H groups in total. The molecule has 2 fully saturated rings. The predicted molar refractivity (Wildman–Crippen MR) is 42.3 cm³/mol. The van der Waals surface area contributed by atoms with Gasteiger partial charge in [0.05, 0.1) is 6.10 Å². The van der Waals surface area contributed by atoms with Crippen LogP contribution >= 0.6 is 12.4 Å². The summed E-state index contributed by atoms with van der Waals surface area (Å²) in [6, 6.07) is 0. The SMILES string of the molecule is Cl.OC1CNCC1C1CC1. The van der Waals surface area contributed by atoms with E-state index in [1.165, 1.54) is 12.8 Å². The summed E-state index contributed by atoms with van der Waals surface area (Å²) in [7, 11) is 0. The van der Waals surface area contributed by atoms with E-state index in [2.05, 4.69) is 5.32 Å². The van der Waals surface area contributed by atoms with Crippen molar-refractivity contribution in [1.82, 2.24) is 5.32 Å². The Hall–Kier alpha value is 0.210. The van der Waals surface area contributed by atoms with Crippen LogP contribution in [0.1, 0.15) is 12.8 Å². The molecule has 10 heavy (non-hydrogen) atoms. The lowest BCUT2D eigenvalue weighted by molar-refractivity contribution is 0.136. The highest BCUT2D eigenvalue weighted by molar-refractivity contribution is 5.85. The second kappa shape index (κ2) is 3.07. The maximum absolute atomic E-state index is 9.34. The summed E-state index contributed by atoms with van der Waals surface area (Å²) >= 11 is 0. The van der Waals surface area contributed by atoms with Crippen LogP contribution in [0.4, 0.5) is 0 Å². The number of rotatable bonds is 1. The lowest BCUT2D eigenvalue weighted by Crippen LogP contribution is -2.19. The minimum Gasteiger partial charge on any atom is -0.391 e. The molecule has 0 aromatic heterocycles. The molecule has 1 aliphatic carbocycles. The molecular formula is C7H14ClNO. The zero-order valence-corrected chi connectivity index (χ0v) is 6.73. The first-order chi connectivity index (χ1) is 4.38. The van der Waals surface area contributed by atoms with Gasteiger partial charge in [-0.25, -0.2) is 0 Å². The molecule has 1 aliphatic heterocycles. The third-order valence-corrected chi connectivity index (χ3v) is 2.46. The average molecular weight is 164 g/mol. The van der Waals surface area contributed by atoms with E-state index >= 15 is 0 Å². The third kappa shape index (κ3) is 1.44. The summed E-state index contributed by atoms with van der Waals surface area (Å²) in [5.74, 6) is 1.44. The number of hydrogen-bond donors (Lipinski definition) is 2. The van der Waals surface area contributed by atoms with E-state index in [0.29, 0.717) is 5.92 Å². The molecule has 2 nitrogen and oxygen atoms in total. The fourth-order valence-electron chi connectivity index (χ4n) is 1.69. The molecule has 2 aliphatic rings. The van der Waals surface area contributed by atoms with Crippen LogP contribution in [-0.4, -0.2) is 24.3 Å². The molecule has 1 saturated heterocycles. The van der Waals surface area contributed by atoms with Crippen molar-refractivity contribution in [2.24, 2.45) is 11.8 Å². The van der Waals surface area contributed by atoms with Gasteiger partial charge in [-0.3, -0.25) is 0 Å². The Labute approximate surface area is 67.4 Å². The number of nitrogens with one attached hydrogen (secondary N) is 1. The Morgan fingerprint density at radius 2 is 1.90 bits per heavy atom. The number of β-amino-alcohol motifs (C(OH)–C–C–N with tert-alkyl or cyclic N) is 1. The Morgan fingerprint density at radius 1 is 1.20 bits per heavy atom. The van der Waals surface area contributed by atoms with Crippen molar-refractivity contribution < 1.29 is 5.11 Å². The van der Waals surface area contributed by atoms with Gasteiger partial charge < -0.3 is 10.4 Å². The van der Waals surface area contributed by atoms with E-state index in [1.54, 1.807) is 0 Å². The molecule has 0 spiro atoms. The molecule has 0 aromatic rings. The van der Waals surface area contributed by atoms with Gasteiger partial charge in [-0.15, -0.1) is 12.4 Å². The molecule has 0 radical (unpaired) electrons. The Kier molecular flexibility index (Phi) is 2.55. The van der Waals surface area contributed by atoms with Gasteiger partial charge in [0.15, 0.2) is 0 Å². The molecule has 1 saturated carbocycles. The van der Waals surface area contributed by atoms with Crippen LogP contribution in [0.5, 0.6) is 0 Å². The zero-order chi connectivity index (χ0) is 6.27. The minimum atomic E-state index is -0.0440. The van der Waals surface area contributed by atoms with E-state index in [1.807, 2.05) is 0 Å². The summed E-state index contributed by atoms with van der Waals surface area (Å²) in [6.45, 7) is 1.87. The molecule has 2 unspecified atom stereocenters. The van der Waals surface area contributed by atoms with E-state index in [0.717, 1.165) is 19.0 Å². The van der Waals surface area contributed by atoms with Crippen molar-refractivity contribution in [3.63, 3.8) is 0 Å². The van der Waals surface area contributed by atoms with Crippen molar-refractivity contribution >= 4 is 12.4 Å². The third-order valence-electron chi connectivity index (χ3n) is 2.46. The fraction of sp³-hybridized carbons (Fsp3) is 1.00. The molecule has 0 amide bonds. The summed E-state index contributed by atoms with van der Waals surface area (Å²) in [6.07, 6.45) is 2.66. The van der Waals surface area contributed by atoms with Gasteiger partial charge in [-0.1, -0.05) is 0 Å². The number of halogens is 1. The Balaban J connectivity index is 0.000000500. The van der Waals surface area contributed by atoms with Gasteiger partial charge in [0.2, 0.25) is 0 Å². The van der Waals surface area contributed by atoms with Crippen LogP contribution in [0.25, 0.3) is 0 Å². The molecule has 1 heterocycles. The van der Waals surface area contributed by atoms with Crippen LogP contribution in [0.2, 0.25) is 0 Å². The molecule has 3 heteroatoms. The van der Waals surface area contributed by atoms with Crippen molar-refractivity contribution in [1.29, 1.82) is 0 Å². The lowest BCUT2D eigenvalue weighted by atomic mass is 10.0. The summed E-state index contributed by atoms with van der Waals surface area (Å²) < 4.78 is 0. The largest absolute Gasteiger partial charge is 0.391 e. The maximum atomic E-state index is 9.34. The summed E-state index contributed by atoms with van der Waals surface area (Å²) in [5, 5.41) is 12.5. The van der Waals surface area contributed by atoms with Gasteiger partial charge >= 0.3 is 0 Å². The van der Waals surface area contributed by atoms with Crippen LogP contribution < -0.4 is 5.32 Å². The monoisotopic (exact) mass is 163 g/mol. The normalized spacial score (nSPS) is 39.3. The number of aliphatic hydroxyl groups excluding tert-OH is 1. The molecule has 0 bridgehead atoms. The first kappa shape index (κ1) is 8.31.